The van der Waals surface area contributed by atoms with E-state index in [1.165, 1.54) is 199 Å². The first-order valence-electron chi connectivity index (χ1n) is 37.3. The zero-order valence-electron chi connectivity index (χ0n) is 58.1. The van der Waals surface area contributed by atoms with Crippen molar-refractivity contribution in [3.05, 3.63) is 0 Å². The smallest absolute Gasteiger partial charge is 0.462 e. The van der Waals surface area contributed by atoms with Crippen LogP contribution in [0.4, 0.5) is 0 Å². The van der Waals surface area contributed by atoms with E-state index in [0.29, 0.717) is 25.7 Å². The fourth-order valence-electron chi connectivity index (χ4n) is 10.9. The molecule has 0 aliphatic heterocycles. The minimum absolute atomic E-state index is 0.107. The number of unbranched alkanes of at least 4 members (excludes halogenated alkanes) is 46. The monoisotopic (exact) mass is 1320 g/mol. The number of esters is 4. The Kier molecular flexibility index (Phi) is 64.3. The number of aliphatic hydroxyl groups is 1. The van der Waals surface area contributed by atoms with E-state index in [1.807, 2.05) is 0 Å². The first kappa shape index (κ1) is 88.1. The van der Waals surface area contributed by atoms with Crippen LogP contribution in [0.3, 0.4) is 0 Å². The van der Waals surface area contributed by atoms with Crippen molar-refractivity contribution in [1.82, 2.24) is 0 Å². The Morgan fingerprint density at radius 2 is 0.444 bits per heavy atom. The summed E-state index contributed by atoms with van der Waals surface area (Å²) in [4.78, 5) is 72.3. The van der Waals surface area contributed by atoms with Crippen molar-refractivity contribution in [1.29, 1.82) is 0 Å². The first-order valence-corrected chi connectivity index (χ1v) is 40.3. The van der Waals surface area contributed by atoms with Crippen molar-refractivity contribution in [3.8, 4) is 0 Å². The van der Waals surface area contributed by atoms with E-state index < -0.39 is 97.5 Å². The highest BCUT2D eigenvalue weighted by Gasteiger charge is 2.30. The first-order chi connectivity index (χ1) is 43.7. The predicted octanol–water partition coefficient (Wildman–Crippen LogP) is 20.7. The third kappa shape index (κ3) is 64.8. The molecule has 0 aliphatic carbocycles. The molecule has 5 atom stereocenters. The van der Waals surface area contributed by atoms with E-state index in [-0.39, 0.29) is 25.7 Å². The molecule has 0 radical (unpaired) electrons. The zero-order valence-corrected chi connectivity index (χ0v) is 59.9. The minimum atomic E-state index is -4.95. The van der Waals surface area contributed by atoms with Crippen LogP contribution >= 0.6 is 15.6 Å². The van der Waals surface area contributed by atoms with Crippen molar-refractivity contribution < 1.29 is 80.2 Å². The van der Waals surface area contributed by atoms with Crippen molar-refractivity contribution in [2.24, 2.45) is 0 Å². The molecule has 0 rings (SSSR count). The summed E-state index contributed by atoms with van der Waals surface area (Å²) in [6.45, 7) is 4.87. The van der Waals surface area contributed by atoms with Gasteiger partial charge < -0.3 is 33.8 Å². The number of rotatable bonds is 72. The number of ether oxygens (including phenoxy) is 4. The molecule has 0 aliphatic rings. The van der Waals surface area contributed by atoms with Gasteiger partial charge in [0.1, 0.15) is 19.3 Å². The maximum atomic E-state index is 13.0. The Morgan fingerprint density at radius 3 is 0.656 bits per heavy atom. The fourth-order valence-corrected chi connectivity index (χ4v) is 12.4. The lowest BCUT2D eigenvalue weighted by Gasteiger charge is -2.21. The van der Waals surface area contributed by atoms with Crippen LogP contribution in [0, 0.1) is 0 Å². The molecule has 0 aromatic rings. The van der Waals surface area contributed by atoms with Crippen LogP contribution in [0.2, 0.25) is 0 Å². The molecular formula is C71H138O17P2. The topological polar surface area (TPSA) is 237 Å². The Morgan fingerprint density at radius 1 is 0.267 bits per heavy atom. The van der Waals surface area contributed by atoms with Gasteiger partial charge >= 0.3 is 39.5 Å². The molecular weight excluding hydrogens is 1190 g/mol. The van der Waals surface area contributed by atoms with Gasteiger partial charge in [-0.15, -0.1) is 0 Å². The lowest BCUT2D eigenvalue weighted by atomic mass is 10.0. The number of carbonyl (C=O) groups is 4. The Hall–Kier alpha value is -1.94. The maximum Gasteiger partial charge on any atom is 0.472 e. The molecule has 0 spiro atoms. The highest BCUT2D eigenvalue weighted by Crippen LogP contribution is 2.45. The molecule has 0 aromatic heterocycles. The molecule has 0 amide bonds. The SMILES string of the molecule is CCCCCCCCCCCCCCCCCCCCCC(=O)O[C@H](COC(=O)CCCCCCCCCCCCCCCC)COP(=O)(O)OC[C@@H](O)COP(=O)(O)OC[C@@H](COC(=O)CCCCCCC)OC(=O)CCCCCCCCCCCCCC. The maximum absolute atomic E-state index is 13.0. The lowest BCUT2D eigenvalue weighted by molar-refractivity contribution is -0.161. The number of hydrogen-bond acceptors (Lipinski definition) is 15. The average molecular weight is 1330 g/mol. The molecule has 0 fully saturated rings. The fraction of sp³-hybridized carbons (Fsp3) is 0.944. The quantitative estimate of drug-likeness (QED) is 0.0222. The molecule has 0 heterocycles. The summed E-state index contributed by atoms with van der Waals surface area (Å²) in [5.74, 6) is -2.13. The van der Waals surface area contributed by atoms with E-state index in [2.05, 4.69) is 27.7 Å². The Balaban J connectivity index is 5.13. The number of phosphoric acid groups is 2. The second-order valence-electron chi connectivity index (χ2n) is 25.6. The number of hydrogen-bond donors (Lipinski definition) is 3. The van der Waals surface area contributed by atoms with E-state index in [4.69, 9.17) is 37.0 Å². The van der Waals surface area contributed by atoms with Crippen LogP contribution in [0.1, 0.15) is 374 Å². The van der Waals surface area contributed by atoms with Gasteiger partial charge in [-0.25, -0.2) is 9.13 Å². The van der Waals surface area contributed by atoms with Gasteiger partial charge in [-0.3, -0.25) is 37.3 Å². The van der Waals surface area contributed by atoms with Gasteiger partial charge in [0.05, 0.1) is 26.4 Å². The van der Waals surface area contributed by atoms with Crippen LogP contribution < -0.4 is 0 Å². The van der Waals surface area contributed by atoms with Crippen LogP contribution in [0.5, 0.6) is 0 Å². The normalized spacial score (nSPS) is 14.0. The largest absolute Gasteiger partial charge is 0.472 e. The van der Waals surface area contributed by atoms with Crippen LogP contribution in [-0.2, 0) is 65.4 Å². The van der Waals surface area contributed by atoms with Gasteiger partial charge in [0, 0.05) is 25.7 Å². The van der Waals surface area contributed by atoms with E-state index in [9.17, 15) is 43.2 Å². The van der Waals surface area contributed by atoms with Crippen molar-refractivity contribution in [2.75, 3.05) is 39.6 Å². The van der Waals surface area contributed by atoms with Crippen molar-refractivity contribution in [2.45, 2.75) is 393 Å². The van der Waals surface area contributed by atoms with Gasteiger partial charge in [-0.1, -0.05) is 323 Å². The molecule has 3 N–H and O–H groups in total. The number of aliphatic hydroxyl groups excluding tert-OH is 1. The molecule has 0 saturated carbocycles. The summed E-state index contributed by atoms with van der Waals surface area (Å²) in [5.41, 5.74) is 0. The predicted molar refractivity (Wildman–Crippen MR) is 363 cm³/mol. The second kappa shape index (κ2) is 65.7. The summed E-state index contributed by atoms with van der Waals surface area (Å²) in [5, 5.41) is 10.6. The van der Waals surface area contributed by atoms with Gasteiger partial charge in [0.15, 0.2) is 12.2 Å². The van der Waals surface area contributed by atoms with E-state index >= 15 is 0 Å². The van der Waals surface area contributed by atoms with Crippen LogP contribution in [0.15, 0.2) is 0 Å². The molecule has 0 bridgehead atoms. The molecule has 90 heavy (non-hydrogen) atoms. The van der Waals surface area contributed by atoms with Gasteiger partial charge in [-0.2, -0.15) is 0 Å². The molecule has 534 valence electrons. The standard InChI is InChI=1S/C71H138O17P2/c1-5-9-13-17-20-23-26-29-31-32-33-34-35-37-40-43-46-50-54-58-71(76)88-67(62-82-69(74)56-52-48-44-41-39-36-30-27-24-21-18-14-10-6-2)64-86-90(79,80)84-60-65(72)59-83-89(77,78)85-63-66(61-81-68(73)55-51-47-16-12-8-4)87-70(75)57-53-49-45-42-38-28-25-22-19-15-11-7-3/h65-67,72H,5-64H2,1-4H3,(H,77,78)(H,79,80)/t65-,66+,67+/m0/s1. The van der Waals surface area contributed by atoms with Gasteiger partial charge in [-0.05, 0) is 25.7 Å². The average Bonchev–Trinajstić information content (AvgIpc) is 3.73. The summed E-state index contributed by atoms with van der Waals surface area (Å²) in [7, 11) is -9.89. The molecule has 0 saturated heterocycles. The lowest BCUT2D eigenvalue weighted by Crippen LogP contribution is -2.30. The Labute approximate surface area is 549 Å². The number of carbonyl (C=O) groups excluding carboxylic acids is 4. The summed E-state index contributed by atoms with van der Waals surface area (Å²) < 4.78 is 68.1. The van der Waals surface area contributed by atoms with E-state index in [0.717, 1.165) is 96.3 Å². The van der Waals surface area contributed by atoms with Crippen LogP contribution in [0.25, 0.3) is 0 Å². The molecule has 19 heteroatoms. The van der Waals surface area contributed by atoms with Crippen molar-refractivity contribution in [3.63, 3.8) is 0 Å². The zero-order chi connectivity index (χ0) is 66.1. The second-order valence-corrected chi connectivity index (χ2v) is 28.5. The van der Waals surface area contributed by atoms with Gasteiger partial charge in [0.2, 0.25) is 0 Å². The highest BCUT2D eigenvalue weighted by molar-refractivity contribution is 7.47. The minimum Gasteiger partial charge on any atom is -0.462 e. The number of phosphoric ester groups is 2. The molecule has 2 unspecified atom stereocenters. The highest BCUT2D eigenvalue weighted by atomic mass is 31.2. The molecule has 0 aromatic carbocycles. The third-order valence-corrected chi connectivity index (χ3v) is 18.5. The Bertz CT molecular complexity index is 1720. The van der Waals surface area contributed by atoms with E-state index in [1.54, 1.807) is 0 Å². The van der Waals surface area contributed by atoms with Crippen LogP contribution in [-0.4, -0.2) is 96.7 Å². The summed E-state index contributed by atoms with van der Waals surface area (Å²) in [6, 6.07) is 0. The summed E-state index contributed by atoms with van der Waals surface area (Å²) >= 11 is 0. The third-order valence-electron chi connectivity index (χ3n) is 16.6. The summed E-state index contributed by atoms with van der Waals surface area (Å²) in [6.07, 6.45) is 54.5. The van der Waals surface area contributed by atoms with Gasteiger partial charge in [0.25, 0.3) is 0 Å². The van der Waals surface area contributed by atoms with Crippen molar-refractivity contribution >= 4 is 39.5 Å². The molecule has 17 nitrogen and oxygen atoms in total.